The number of hydrogen-bond acceptors (Lipinski definition) is 3. The van der Waals surface area contributed by atoms with E-state index in [1.807, 2.05) is 0 Å². The maximum absolute atomic E-state index is 5.09. The number of halogens is 1. The summed E-state index contributed by atoms with van der Waals surface area (Å²) in [7, 11) is 1.72. The quantitative estimate of drug-likeness (QED) is 0.868. The van der Waals surface area contributed by atoms with E-state index < -0.39 is 0 Å². The molecule has 2 aromatic rings. The monoisotopic (exact) mass is 325 g/mol. The maximum Gasteiger partial charge on any atom is 0.0713 e. The van der Waals surface area contributed by atoms with Gasteiger partial charge in [0.2, 0.25) is 0 Å². The molecule has 18 heavy (non-hydrogen) atoms. The Morgan fingerprint density at radius 1 is 1.17 bits per heavy atom. The van der Waals surface area contributed by atoms with Crippen LogP contribution in [0.25, 0.3) is 0 Å². The van der Waals surface area contributed by atoms with E-state index in [9.17, 15) is 0 Å². The van der Waals surface area contributed by atoms with Crippen molar-refractivity contribution in [2.75, 3.05) is 7.11 Å². The van der Waals surface area contributed by atoms with Gasteiger partial charge in [-0.05, 0) is 33.1 Å². The minimum atomic E-state index is 0.678. The molecule has 0 amide bonds. The lowest BCUT2D eigenvalue weighted by atomic mass is 10.1. The molecular formula is C14H16BrNOS. The molecule has 1 N–H and O–H groups in total. The summed E-state index contributed by atoms with van der Waals surface area (Å²) in [5.41, 5.74) is 2.51. The number of hydrogen-bond donors (Lipinski definition) is 1. The lowest BCUT2D eigenvalue weighted by Gasteiger charge is -2.05. The van der Waals surface area contributed by atoms with Crippen molar-refractivity contribution in [3.63, 3.8) is 0 Å². The first kappa shape index (κ1) is 13.7. The fourth-order valence-electron chi connectivity index (χ4n) is 1.70. The first-order chi connectivity index (χ1) is 8.78. The Balaban J connectivity index is 1.79. The first-order valence-electron chi connectivity index (χ1n) is 5.78. The second-order valence-electron chi connectivity index (χ2n) is 4.08. The summed E-state index contributed by atoms with van der Waals surface area (Å²) in [5.74, 6) is 0. The van der Waals surface area contributed by atoms with Gasteiger partial charge in [0.25, 0.3) is 0 Å². The van der Waals surface area contributed by atoms with Crippen LogP contribution < -0.4 is 5.32 Å². The van der Waals surface area contributed by atoms with Crippen LogP contribution in [0.4, 0.5) is 0 Å². The van der Waals surface area contributed by atoms with E-state index in [1.165, 1.54) is 16.0 Å². The van der Waals surface area contributed by atoms with Gasteiger partial charge in [-0.25, -0.2) is 0 Å². The van der Waals surface area contributed by atoms with Crippen LogP contribution in [-0.2, 0) is 24.4 Å². The molecule has 0 aliphatic rings. The van der Waals surface area contributed by atoms with Gasteiger partial charge >= 0.3 is 0 Å². The predicted octanol–water partition coefficient (Wildman–Crippen LogP) is 3.95. The number of methoxy groups -OCH3 is 1. The van der Waals surface area contributed by atoms with Crippen molar-refractivity contribution < 1.29 is 4.74 Å². The molecular weight excluding hydrogens is 310 g/mol. The van der Waals surface area contributed by atoms with Crippen LogP contribution in [0.2, 0.25) is 0 Å². The Kier molecular flexibility index (Phi) is 5.38. The lowest BCUT2D eigenvalue weighted by Crippen LogP contribution is -2.11. The fourth-order valence-corrected chi connectivity index (χ4v) is 3.12. The minimum absolute atomic E-state index is 0.678. The van der Waals surface area contributed by atoms with Crippen LogP contribution in [0.3, 0.4) is 0 Å². The van der Waals surface area contributed by atoms with Crippen molar-refractivity contribution in [1.82, 2.24) is 5.32 Å². The van der Waals surface area contributed by atoms with Gasteiger partial charge < -0.3 is 10.1 Å². The molecule has 0 unspecified atom stereocenters. The summed E-state index contributed by atoms with van der Waals surface area (Å²) in [6.45, 7) is 2.48. The van der Waals surface area contributed by atoms with Gasteiger partial charge in [0.15, 0.2) is 0 Å². The summed E-state index contributed by atoms with van der Waals surface area (Å²) < 4.78 is 6.25. The molecule has 2 rings (SSSR count). The van der Waals surface area contributed by atoms with E-state index in [4.69, 9.17) is 4.74 Å². The molecule has 1 aromatic carbocycles. The minimum Gasteiger partial charge on any atom is -0.380 e. The van der Waals surface area contributed by atoms with Gasteiger partial charge in [0.05, 0.1) is 6.61 Å². The second-order valence-corrected chi connectivity index (χ2v) is 6.00. The molecule has 2 nitrogen and oxygen atoms in total. The molecule has 0 bridgehead atoms. The van der Waals surface area contributed by atoms with Gasteiger partial charge in [-0.1, -0.05) is 24.3 Å². The topological polar surface area (TPSA) is 21.3 Å². The average Bonchev–Trinajstić information content (AvgIpc) is 2.78. The summed E-state index contributed by atoms with van der Waals surface area (Å²) in [6, 6.07) is 10.7. The third-order valence-electron chi connectivity index (χ3n) is 2.58. The van der Waals surface area contributed by atoms with Gasteiger partial charge in [0.1, 0.15) is 0 Å². The fraction of sp³-hybridized carbons (Fsp3) is 0.286. The molecule has 0 radical (unpaired) electrons. The number of ether oxygens (including phenoxy) is 1. The molecule has 1 aromatic heterocycles. The third-order valence-corrected chi connectivity index (χ3v) is 4.28. The normalized spacial score (nSPS) is 10.8. The van der Waals surface area contributed by atoms with Gasteiger partial charge in [0, 0.05) is 34.9 Å². The Labute approximate surface area is 120 Å². The number of nitrogens with one attached hydrogen (secondary N) is 1. The van der Waals surface area contributed by atoms with E-state index >= 15 is 0 Å². The van der Waals surface area contributed by atoms with Crippen LogP contribution in [-0.4, -0.2) is 7.11 Å². The largest absolute Gasteiger partial charge is 0.380 e. The number of rotatable bonds is 6. The molecule has 0 atom stereocenters. The summed E-state index contributed by atoms with van der Waals surface area (Å²) >= 11 is 5.23. The first-order valence-corrected chi connectivity index (χ1v) is 7.45. The highest BCUT2D eigenvalue weighted by atomic mass is 79.9. The van der Waals surface area contributed by atoms with E-state index in [0.717, 1.165) is 17.6 Å². The highest BCUT2D eigenvalue weighted by Crippen LogP contribution is 2.19. The summed E-state index contributed by atoms with van der Waals surface area (Å²) in [5, 5.41) is 5.55. The average molecular weight is 326 g/mol. The van der Waals surface area contributed by atoms with Crippen molar-refractivity contribution in [1.29, 1.82) is 0 Å². The third kappa shape index (κ3) is 4.21. The SMILES string of the molecule is COCc1ccc(CNCc2cc(Br)cs2)cc1. The molecule has 1 heterocycles. The standard InChI is InChI=1S/C14H16BrNOS/c1-17-9-12-4-2-11(3-5-12)7-16-8-14-6-13(15)10-18-14/h2-6,10,16H,7-9H2,1H3. The van der Waals surface area contributed by atoms with Gasteiger partial charge in [-0.3, -0.25) is 0 Å². The van der Waals surface area contributed by atoms with Crippen LogP contribution >= 0.6 is 27.3 Å². The number of thiophene rings is 1. The summed E-state index contributed by atoms with van der Waals surface area (Å²) in [4.78, 5) is 1.35. The molecule has 4 heteroatoms. The van der Waals surface area contributed by atoms with Crippen molar-refractivity contribution in [2.24, 2.45) is 0 Å². The Morgan fingerprint density at radius 2 is 1.89 bits per heavy atom. The molecule has 0 spiro atoms. The van der Waals surface area contributed by atoms with Crippen molar-refractivity contribution in [3.8, 4) is 0 Å². The predicted molar refractivity (Wildman–Crippen MR) is 79.7 cm³/mol. The molecule has 0 saturated carbocycles. The smallest absolute Gasteiger partial charge is 0.0713 e. The van der Waals surface area contributed by atoms with Crippen LogP contribution in [0.15, 0.2) is 40.2 Å². The van der Waals surface area contributed by atoms with Gasteiger partial charge in [-0.15, -0.1) is 11.3 Å². The molecule has 0 saturated heterocycles. The zero-order valence-electron chi connectivity index (χ0n) is 10.3. The highest BCUT2D eigenvalue weighted by molar-refractivity contribution is 9.10. The number of benzene rings is 1. The second kappa shape index (κ2) is 7.04. The van der Waals surface area contributed by atoms with Crippen LogP contribution in [0.5, 0.6) is 0 Å². The van der Waals surface area contributed by atoms with E-state index in [0.29, 0.717) is 6.61 Å². The lowest BCUT2D eigenvalue weighted by molar-refractivity contribution is 0.185. The Hall–Kier alpha value is -0.680. The van der Waals surface area contributed by atoms with Crippen molar-refractivity contribution in [2.45, 2.75) is 19.7 Å². The van der Waals surface area contributed by atoms with Crippen molar-refractivity contribution >= 4 is 27.3 Å². The van der Waals surface area contributed by atoms with E-state index in [2.05, 4.69) is 57.0 Å². The molecule has 96 valence electrons. The maximum atomic E-state index is 5.09. The molecule has 0 aliphatic heterocycles. The Morgan fingerprint density at radius 3 is 2.50 bits per heavy atom. The zero-order valence-corrected chi connectivity index (χ0v) is 12.7. The zero-order chi connectivity index (χ0) is 12.8. The van der Waals surface area contributed by atoms with E-state index in [1.54, 1.807) is 18.4 Å². The van der Waals surface area contributed by atoms with E-state index in [-0.39, 0.29) is 0 Å². The van der Waals surface area contributed by atoms with Crippen molar-refractivity contribution in [3.05, 3.63) is 56.2 Å². The van der Waals surface area contributed by atoms with Gasteiger partial charge in [-0.2, -0.15) is 0 Å². The van der Waals surface area contributed by atoms with Crippen LogP contribution in [0, 0.1) is 0 Å². The summed E-state index contributed by atoms with van der Waals surface area (Å²) in [6.07, 6.45) is 0. The van der Waals surface area contributed by atoms with Crippen LogP contribution in [0.1, 0.15) is 16.0 Å². The molecule has 0 fully saturated rings. The highest BCUT2D eigenvalue weighted by Gasteiger charge is 1.98. The Bertz CT molecular complexity index is 481. The molecule has 0 aliphatic carbocycles.